The number of hydrogen-bond acceptors (Lipinski definition) is 3. The Balaban J connectivity index is 2.88. The molecule has 0 spiro atoms. The van der Waals surface area contributed by atoms with Crippen molar-refractivity contribution in [1.29, 1.82) is 0 Å². The topological polar surface area (TPSA) is 68.5 Å². The lowest BCUT2D eigenvalue weighted by molar-refractivity contribution is -0.140. The van der Waals surface area contributed by atoms with Gasteiger partial charge in [-0.3, -0.25) is 9.36 Å². The summed E-state index contributed by atoms with van der Waals surface area (Å²) in [5.74, 6) is -0.530. The molecule has 5 heteroatoms. The highest BCUT2D eigenvalue weighted by molar-refractivity contribution is 5.86. The molecule has 1 heterocycles. The minimum atomic E-state index is -1.02. The second-order valence-corrected chi connectivity index (χ2v) is 4.20. The van der Waals surface area contributed by atoms with Crippen LogP contribution in [0.1, 0.15) is 19.4 Å². The standard InChI is InChI=1S/C14H15NO4/c1-3-10(14(17)18)15-12(16)8-7-9-5-4-6-11(19-2)13(9)15/h4-8,10H,3H2,1-2H3,(H,17,18). The number of aromatic nitrogens is 1. The molecule has 1 unspecified atom stereocenters. The first kappa shape index (κ1) is 13.1. The molecule has 0 bridgehead atoms. The monoisotopic (exact) mass is 261 g/mol. The van der Waals surface area contributed by atoms with Crippen molar-refractivity contribution in [3.63, 3.8) is 0 Å². The zero-order chi connectivity index (χ0) is 14.0. The van der Waals surface area contributed by atoms with Crippen molar-refractivity contribution in [2.75, 3.05) is 7.11 Å². The molecule has 0 saturated carbocycles. The van der Waals surface area contributed by atoms with Crippen molar-refractivity contribution in [1.82, 2.24) is 4.57 Å². The van der Waals surface area contributed by atoms with E-state index in [9.17, 15) is 14.7 Å². The van der Waals surface area contributed by atoms with Crippen LogP contribution in [0.25, 0.3) is 10.9 Å². The minimum Gasteiger partial charge on any atom is -0.495 e. The Kier molecular flexibility index (Phi) is 3.55. The number of methoxy groups -OCH3 is 1. The number of hydrogen-bond donors (Lipinski definition) is 1. The van der Waals surface area contributed by atoms with Gasteiger partial charge in [-0.25, -0.2) is 4.79 Å². The number of carboxylic acids is 1. The number of aliphatic carboxylic acids is 1. The summed E-state index contributed by atoms with van der Waals surface area (Å²) in [6, 6.07) is 7.50. The first-order chi connectivity index (χ1) is 9.10. The van der Waals surface area contributed by atoms with Gasteiger partial charge in [0.05, 0.1) is 12.6 Å². The highest BCUT2D eigenvalue weighted by atomic mass is 16.5. The van der Waals surface area contributed by atoms with Crippen LogP contribution in [-0.2, 0) is 4.79 Å². The van der Waals surface area contributed by atoms with E-state index in [1.165, 1.54) is 17.7 Å². The highest BCUT2D eigenvalue weighted by Gasteiger charge is 2.21. The van der Waals surface area contributed by atoms with E-state index in [-0.39, 0.29) is 5.56 Å². The Hall–Kier alpha value is -2.30. The minimum absolute atomic E-state index is 0.326. The SMILES string of the molecule is CCC(C(=O)O)n1c(=O)ccc2cccc(OC)c21. The van der Waals surface area contributed by atoms with Crippen LogP contribution in [0.4, 0.5) is 0 Å². The maximum absolute atomic E-state index is 12.1. The van der Waals surface area contributed by atoms with Crippen molar-refractivity contribution in [2.45, 2.75) is 19.4 Å². The van der Waals surface area contributed by atoms with Gasteiger partial charge in [-0.2, -0.15) is 0 Å². The number of carbonyl (C=O) groups is 1. The number of nitrogens with zero attached hydrogens (tertiary/aromatic N) is 1. The van der Waals surface area contributed by atoms with Crippen LogP contribution < -0.4 is 10.3 Å². The van der Waals surface area contributed by atoms with E-state index in [1.807, 2.05) is 6.07 Å². The number of para-hydroxylation sites is 1. The molecule has 1 atom stereocenters. The van der Waals surface area contributed by atoms with Gasteiger partial charge in [0, 0.05) is 11.5 Å². The van der Waals surface area contributed by atoms with Crippen LogP contribution in [0.2, 0.25) is 0 Å². The Bertz CT molecular complexity index is 675. The van der Waals surface area contributed by atoms with Gasteiger partial charge < -0.3 is 9.84 Å². The molecule has 0 aliphatic carbocycles. The van der Waals surface area contributed by atoms with E-state index in [0.717, 1.165) is 5.39 Å². The predicted octanol–water partition coefficient (Wildman–Crippen LogP) is 2.05. The van der Waals surface area contributed by atoms with E-state index in [2.05, 4.69) is 0 Å². The number of fused-ring (bicyclic) bond motifs is 1. The van der Waals surface area contributed by atoms with E-state index in [1.54, 1.807) is 25.1 Å². The molecule has 100 valence electrons. The normalized spacial score (nSPS) is 12.3. The fraction of sp³-hybridized carbons (Fsp3) is 0.286. The lowest BCUT2D eigenvalue weighted by Gasteiger charge is -2.18. The molecule has 0 amide bonds. The maximum Gasteiger partial charge on any atom is 0.326 e. The Morgan fingerprint density at radius 1 is 1.37 bits per heavy atom. The van der Waals surface area contributed by atoms with E-state index in [4.69, 9.17) is 4.74 Å². The van der Waals surface area contributed by atoms with Gasteiger partial charge in [-0.1, -0.05) is 19.1 Å². The molecule has 2 rings (SSSR count). The van der Waals surface area contributed by atoms with Crippen LogP contribution >= 0.6 is 0 Å². The smallest absolute Gasteiger partial charge is 0.326 e. The summed E-state index contributed by atoms with van der Waals surface area (Å²) in [5, 5.41) is 10.1. The number of benzene rings is 1. The third-order valence-electron chi connectivity index (χ3n) is 3.12. The Morgan fingerprint density at radius 3 is 2.68 bits per heavy atom. The van der Waals surface area contributed by atoms with Crippen LogP contribution in [-0.4, -0.2) is 22.8 Å². The number of carboxylic acid groups (broad SMARTS) is 1. The first-order valence-electron chi connectivity index (χ1n) is 6.01. The van der Waals surface area contributed by atoms with Crippen molar-refractivity contribution in [2.24, 2.45) is 0 Å². The van der Waals surface area contributed by atoms with Crippen LogP contribution in [0.5, 0.6) is 5.75 Å². The number of pyridine rings is 1. The second-order valence-electron chi connectivity index (χ2n) is 4.20. The molecular weight excluding hydrogens is 246 g/mol. The molecule has 1 N–H and O–H groups in total. The molecule has 1 aromatic heterocycles. The van der Waals surface area contributed by atoms with Gasteiger partial charge in [0.25, 0.3) is 5.56 Å². The van der Waals surface area contributed by atoms with Crippen molar-refractivity contribution >= 4 is 16.9 Å². The lowest BCUT2D eigenvalue weighted by Crippen LogP contribution is -2.29. The summed E-state index contributed by atoms with van der Waals surface area (Å²) >= 11 is 0. The van der Waals surface area contributed by atoms with Crippen LogP contribution in [0, 0.1) is 0 Å². The summed E-state index contributed by atoms with van der Waals surface area (Å²) < 4.78 is 6.53. The average Bonchev–Trinajstić information content (AvgIpc) is 2.41. The summed E-state index contributed by atoms with van der Waals surface area (Å²) in [5.41, 5.74) is 0.179. The zero-order valence-electron chi connectivity index (χ0n) is 10.8. The van der Waals surface area contributed by atoms with Crippen molar-refractivity contribution in [3.8, 4) is 5.75 Å². The molecule has 2 aromatic rings. The molecule has 1 aromatic carbocycles. The highest BCUT2D eigenvalue weighted by Crippen LogP contribution is 2.27. The van der Waals surface area contributed by atoms with E-state index in [0.29, 0.717) is 17.7 Å². The number of ether oxygens (including phenoxy) is 1. The molecule has 5 nitrogen and oxygen atoms in total. The fourth-order valence-electron chi connectivity index (χ4n) is 2.22. The first-order valence-corrected chi connectivity index (χ1v) is 6.01. The predicted molar refractivity (Wildman–Crippen MR) is 71.7 cm³/mol. The lowest BCUT2D eigenvalue weighted by atomic mass is 10.1. The zero-order valence-corrected chi connectivity index (χ0v) is 10.8. The molecular formula is C14H15NO4. The summed E-state index contributed by atoms with van der Waals surface area (Å²) in [7, 11) is 1.50. The molecule has 0 aliphatic heterocycles. The van der Waals surface area contributed by atoms with Gasteiger partial charge in [0.1, 0.15) is 11.8 Å². The van der Waals surface area contributed by atoms with E-state index < -0.39 is 12.0 Å². The Labute approximate surface area is 110 Å². The van der Waals surface area contributed by atoms with E-state index >= 15 is 0 Å². The summed E-state index contributed by atoms with van der Waals surface area (Å²) in [6.07, 6.45) is 0.326. The molecule has 0 radical (unpaired) electrons. The summed E-state index contributed by atoms with van der Waals surface area (Å²) in [6.45, 7) is 1.74. The molecule has 19 heavy (non-hydrogen) atoms. The van der Waals surface area contributed by atoms with Crippen LogP contribution in [0.3, 0.4) is 0 Å². The second kappa shape index (κ2) is 5.14. The maximum atomic E-state index is 12.1. The van der Waals surface area contributed by atoms with Crippen molar-refractivity contribution in [3.05, 3.63) is 40.7 Å². The quantitative estimate of drug-likeness (QED) is 0.914. The van der Waals surface area contributed by atoms with Crippen LogP contribution in [0.15, 0.2) is 35.1 Å². The van der Waals surface area contributed by atoms with Gasteiger partial charge in [-0.05, 0) is 18.6 Å². The summed E-state index contributed by atoms with van der Waals surface area (Å²) in [4.78, 5) is 23.4. The van der Waals surface area contributed by atoms with Gasteiger partial charge in [0.2, 0.25) is 0 Å². The third kappa shape index (κ3) is 2.19. The van der Waals surface area contributed by atoms with Gasteiger partial charge in [0.15, 0.2) is 0 Å². The average molecular weight is 261 g/mol. The Morgan fingerprint density at radius 2 is 2.11 bits per heavy atom. The third-order valence-corrected chi connectivity index (χ3v) is 3.12. The van der Waals surface area contributed by atoms with Gasteiger partial charge >= 0.3 is 5.97 Å². The fourth-order valence-corrected chi connectivity index (χ4v) is 2.22. The van der Waals surface area contributed by atoms with Gasteiger partial charge in [-0.15, -0.1) is 0 Å². The van der Waals surface area contributed by atoms with Crippen molar-refractivity contribution < 1.29 is 14.6 Å². The largest absolute Gasteiger partial charge is 0.495 e. The molecule has 0 fully saturated rings. The molecule has 0 aliphatic rings. The number of rotatable bonds is 4. The molecule has 0 saturated heterocycles.